The highest BCUT2D eigenvalue weighted by Crippen LogP contribution is 2.39. The highest BCUT2D eigenvalue weighted by atomic mass is 16.5. The largest absolute Gasteiger partial charge is 0.481 e. The number of carboxylic acid groups (broad SMARTS) is 1. The Morgan fingerprint density at radius 3 is 2.23 bits per heavy atom. The number of amides is 1. The van der Waals surface area contributed by atoms with Crippen LogP contribution in [-0.2, 0) is 25.7 Å². The SMILES string of the molecule is COC(=O)CN(Cc1ccccc1)C(=O)CC1(C(=O)O)CCCCCC1. The smallest absolute Gasteiger partial charge is 0.325 e. The summed E-state index contributed by atoms with van der Waals surface area (Å²) >= 11 is 0. The predicted molar refractivity (Wildman–Crippen MR) is 96.3 cm³/mol. The highest BCUT2D eigenvalue weighted by molar-refractivity contribution is 5.87. The molecule has 0 heterocycles. The quantitative estimate of drug-likeness (QED) is 0.596. The fourth-order valence-corrected chi connectivity index (χ4v) is 3.53. The molecule has 0 radical (unpaired) electrons. The van der Waals surface area contributed by atoms with Crippen molar-refractivity contribution in [3.8, 4) is 0 Å². The molecule has 0 atom stereocenters. The van der Waals surface area contributed by atoms with Gasteiger partial charge in [0.25, 0.3) is 0 Å². The van der Waals surface area contributed by atoms with Crippen molar-refractivity contribution >= 4 is 17.8 Å². The number of methoxy groups -OCH3 is 1. The second-order valence-corrected chi connectivity index (χ2v) is 6.99. The molecule has 6 heteroatoms. The van der Waals surface area contributed by atoms with Crippen molar-refractivity contribution in [1.29, 1.82) is 0 Å². The van der Waals surface area contributed by atoms with E-state index in [0.29, 0.717) is 12.8 Å². The molecule has 142 valence electrons. The Balaban J connectivity index is 2.17. The fourth-order valence-electron chi connectivity index (χ4n) is 3.53. The number of benzene rings is 1. The molecular weight excluding hydrogens is 334 g/mol. The molecule has 0 saturated heterocycles. The second-order valence-electron chi connectivity index (χ2n) is 6.99. The lowest BCUT2D eigenvalue weighted by Crippen LogP contribution is -2.41. The number of nitrogens with zero attached hydrogens (tertiary/aromatic N) is 1. The zero-order chi connectivity index (χ0) is 19.0. The van der Waals surface area contributed by atoms with E-state index in [1.165, 1.54) is 12.0 Å². The van der Waals surface area contributed by atoms with Gasteiger partial charge in [0, 0.05) is 13.0 Å². The number of hydrogen-bond acceptors (Lipinski definition) is 4. The minimum Gasteiger partial charge on any atom is -0.481 e. The van der Waals surface area contributed by atoms with Gasteiger partial charge in [-0.2, -0.15) is 0 Å². The van der Waals surface area contributed by atoms with Gasteiger partial charge in [0.1, 0.15) is 6.54 Å². The third-order valence-electron chi connectivity index (χ3n) is 5.12. The summed E-state index contributed by atoms with van der Waals surface area (Å²) in [7, 11) is 1.28. The third-order valence-corrected chi connectivity index (χ3v) is 5.12. The summed E-state index contributed by atoms with van der Waals surface area (Å²) in [5.74, 6) is -1.74. The molecule has 0 bridgehead atoms. The van der Waals surface area contributed by atoms with Crippen LogP contribution in [0.2, 0.25) is 0 Å². The van der Waals surface area contributed by atoms with Gasteiger partial charge in [0.2, 0.25) is 5.91 Å². The maximum Gasteiger partial charge on any atom is 0.325 e. The van der Waals surface area contributed by atoms with Crippen LogP contribution in [0.4, 0.5) is 0 Å². The van der Waals surface area contributed by atoms with Crippen molar-refractivity contribution in [2.24, 2.45) is 5.41 Å². The maximum atomic E-state index is 12.9. The second kappa shape index (κ2) is 9.36. The average molecular weight is 361 g/mol. The van der Waals surface area contributed by atoms with Crippen LogP contribution >= 0.6 is 0 Å². The van der Waals surface area contributed by atoms with Crippen LogP contribution in [0, 0.1) is 5.41 Å². The van der Waals surface area contributed by atoms with Gasteiger partial charge in [-0.15, -0.1) is 0 Å². The van der Waals surface area contributed by atoms with Gasteiger partial charge in [-0.25, -0.2) is 0 Å². The van der Waals surface area contributed by atoms with E-state index in [9.17, 15) is 19.5 Å². The predicted octanol–water partition coefficient (Wildman–Crippen LogP) is 3.00. The fraction of sp³-hybridized carbons (Fsp3) is 0.550. The summed E-state index contributed by atoms with van der Waals surface area (Å²) in [4.78, 5) is 38.1. The molecule has 1 amide bonds. The number of hydrogen-bond donors (Lipinski definition) is 1. The summed E-state index contributed by atoms with van der Waals surface area (Å²) < 4.78 is 4.70. The van der Waals surface area contributed by atoms with Crippen molar-refractivity contribution in [3.63, 3.8) is 0 Å². The number of esters is 1. The number of carbonyl (C=O) groups excluding carboxylic acids is 2. The van der Waals surface area contributed by atoms with Gasteiger partial charge >= 0.3 is 11.9 Å². The van der Waals surface area contributed by atoms with Crippen molar-refractivity contribution in [2.75, 3.05) is 13.7 Å². The van der Waals surface area contributed by atoms with E-state index in [2.05, 4.69) is 0 Å². The van der Waals surface area contributed by atoms with E-state index in [1.807, 2.05) is 30.3 Å². The zero-order valence-electron chi connectivity index (χ0n) is 15.3. The summed E-state index contributed by atoms with van der Waals surface area (Å²) in [6.07, 6.45) is 4.56. The first-order valence-electron chi connectivity index (χ1n) is 9.09. The monoisotopic (exact) mass is 361 g/mol. The summed E-state index contributed by atoms with van der Waals surface area (Å²) in [6.45, 7) is 0.0738. The van der Waals surface area contributed by atoms with E-state index in [-0.39, 0.29) is 25.4 Å². The average Bonchev–Trinajstić information content (AvgIpc) is 2.88. The molecule has 0 unspecified atom stereocenters. The van der Waals surface area contributed by atoms with Gasteiger partial charge in [-0.05, 0) is 18.4 Å². The first-order valence-corrected chi connectivity index (χ1v) is 9.09. The normalized spacial score (nSPS) is 16.3. The van der Waals surface area contributed by atoms with E-state index in [0.717, 1.165) is 31.2 Å². The van der Waals surface area contributed by atoms with Crippen LogP contribution in [0.5, 0.6) is 0 Å². The Bertz CT molecular complexity index is 620. The molecule has 1 aliphatic carbocycles. The van der Waals surface area contributed by atoms with E-state index in [4.69, 9.17) is 4.74 Å². The highest BCUT2D eigenvalue weighted by Gasteiger charge is 2.41. The summed E-state index contributed by atoms with van der Waals surface area (Å²) in [6, 6.07) is 9.34. The Hall–Kier alpha value is -2.37. The number of aliphatic carboxylic acids is 1. The molecule has 6 nitrogen and oxygen atoms in total. The van der Waals surface area contributed by atoms with Crippen molar-refractivity contribution in [2.45, 2.75) is 51.5 Å². The number of carbonyl (C=O) groups is 3. The molecule has 1 aromatic carbocycles. The van der Waals surface area contributed by atoms with Crippen LogP contribution in [0.1, 0.15) is 50.5 Å². The Morgan fingerprint density at radius 1 is 1.08 bits per heavy atom. The van der Waals surface area contributed by atoms with Crippen LogP contribution in [0.25, 0.3) is 0 Å². The van der Waals surface area contributed by atoms with Crippen molar-refractivity contribution in [3.05, 3.63) is 35.9 Å². The molecule has 0 aliphatic heterocycles. The zero-order valence-corrected chi connectivity index (χ0v) is 15.3. The molecule has 26 heavy (non-hydrogen) atoms. The third kappa shape index (κ3) is 5.31. The lowest BCUT2D eigenvalue weighted by molar-refractivity contribution is -0.156. The Labute approximate surface area is 154 Å². The van der Waals surface area contributed by atoms with E-state index in [1.54, 1.807) is 0 Å². The van der Waals surface area contributed by atoms with E-state index >= 15 is 0 Å². The molecule has 2 rings (SSSR count). The summed E-state index contributed by atoms with van der Waals surface area (Å²) in [5, 5.41) is 9.80. The number of ether oxygens (including phenoxy) is 1. The van der Waals surface area contributed by atoms with Crippen LogP contribution < -0.4 is 0 Å². The first kappa shape index (κ1) is 19.9. The van der Waals surface area contributed by atoms with Crippen LogP contribution in [0.3, 0.4) is 0 Å². The lowest BCUT2D eigenvalue weighted by atomic mass is 9.77. The van der Waals surface area contributed by atoms with Gasteiger partial charge in [0.05, 0.1) is 12.5 Å². The molecule has 1 aromatic rings. The van der Waals surface area contributed by atoms with Crippen molar-refractivity contribution < 1.29 is 24.2 Å². The lowest BCUT2D eigenvalue weighted by Gasteiger charge is -2.30. The first-order chi connectivity index (χ1) is 12.5. The van der Waals surface area contributed by atoms with E-state index < -0.39 is 17.4 Å². The van der Waals surface area contributed by atoms with Gasteiger partial charge in [-0.1, -0.05) is 56.0 Å². The molecule has 0 aromatic heterocycles. The van der Waals surface area contributed by atoms with Gasteiger partial charge in [0.15, 0.2) is 0 Å². The van der Waals surface area contributed by atoms with Gasteiger partial charge < -0.3 is 14.7 Å². The minimum atomic E-state index is -1.03. The Morgan fingerprint density at radius 2 is 1.69 bits per heavy atom. The van der Waals surface area contributed by atoms with Crippen molar-refractivity contribution in [1.82, 2.24) is 4.90 Å². The van der Waals surface area contributed by atoms with Crippen LogP contribution in [0.15, 0.2) is 30.3 Å². The molecule has 0 spiro atoms. The maximum absolute atomic E-state index is 12.9. The molecule has 1 aliphatic rings. The molecule has 1 fully saturated rings. The number of carboxylic acids is 1. The molecule has 1 N–H and O–H groups in total. The Kier molecular flexibility index (Phi) is 7.18. The topological polar surface area (TPSA) is 83.9 Å². The van der Waals surface area contributed by atoms with Crippen LogP contribution in [-0.4, -0.2) is 41.5 Å². The number of rotatable bonds is 7. The molecular formula is C20H27NO5. The van der Waals surface area contributed by atoms with Gasteiger partial charge in [-0.3, -0.25) is 14.4 Å². The summed E-state index contributed by atoms with van der Waals surface area (Å²) in [5.41, 5.74) is -0.145. The standard InChI is InChI=1S/C20H27NO5/c1-26-18(23)15-21(14-16-9-5-4-6-10-16)17(22)13-20(19(24)25)11-7-2-3-8-12-20/h4-6,9-10H,2-3,7-8,11-15H2,1H3,(H,24,25). The molecule has 1 saturated carbocycles. The minimum absolute atomic E-state index is 0.0772.